The van der Waals surface area contributed by atoms with Crippen molar-refractivity contribution in [2.45, 2.75) is 44.9 Å². The second kappa shape index (κ2) is 11.8. The molecule has 31 heavy (non-hydrogen) atoms. The zero-order valence-electron chi connectivity index (χ0n) is 17.8. The predicted molar refractivity (Wildman–Crippen MR) is 125 cm³/mol. The minimum atomic E-state index is -0.0206. The summed E-state index contributed by atoms with van der Waals surface area (Å²) in [5, 5.41) is 13.0. The van der Waals surface area contributed by atoms with Crippen molar-refractivity contribution < 1.29 is 9.53 Å². The van der Waals surface area contributed by atoms with E-state index in [4.69, 9.17) is 16.3 Å². The molecule has 0 atom stereocenters. The Kier molecular flexibility index (Phi) is 8.79. The Morgan fingerprint density at radius 3 is 2.74 bits per heavy atom. The first-order valence-electron chi connectivity index (χ1n) is 10.3. The lowest BCUT2D eigenvalue weighted by molar-refractivity contribution is -0.118. The van der Waals surface area contributed by atoms with Crippen LogP contribution in [-0.4, -0.2) is 33.0 Å². The van der Waals surface area contributed by atoms with Crippen molar-refractivity contribution in [1.82, 2.24) is 20.1 Å². The summed E-state index contributed by atoms with van der Waals surface area (Å²) in [6.45, 7) is 5.91. The van der Waals surface area contributed by atoms with E-state index in [-0.39, 0.29) is 5.91 Å². The predicted octanol–water partition coefficient (Wildman–Crippen LogP) is 4.68. The van der Waals surface area contributed by atoms with Gasteiger partial charge in [0.2, 0.25) is 5.91 Å². The van der Waals surface area contributed by atoms with Crippen molar-refractivity contribution in [1.29, 1.82) is 0 Å². The molecule has 0 fully saturated rings. The molecule has 3 aromatic rings. The van der Waals surface area contributed by atoms with Crippen LogP contribution >= 0.6 is 23.4 Å². The smallest absolute Gasteiger partial charge is 0.230 e. The number of ether oxygens (including phenoxy) is 1. The van der Waals surface area contributed by atoms with Gasteiger partial charge in [-0.25, -0.2) is 0 Å². The molecule has 0 aliphatic carbocycles. The van der Waals surface area contributed by atoms with E-state index in [9.17, 15) is 4.79 Å². The first-order chi connectivity index (χ1) is 15.1. The fourth-order valence-electron chi connectivity index (χ4n) is 3.09. The van der Waals surface area contributed by atoms with Gasteiger partial charge < -0.3 is 14.6 Å². The van der Waals surface area contributed by atoms with Gasteiger partial charge in [-0.2, -0.15) is 0 Å². The average Bonchev–Trinajstić information content (AvgIpc) is 3.17. The number of thioether (sulfide) groups is 1. The molecule has 1 aromatic heterocycles. The summed E-state index contributed by atoms with van der Waals surface area (Å²) in [5.74, 6) is 2.04. The Hall–Kier alpha value is -2.51. The number of carbonyl (C=O) groups excluding carboxylic acids is 1. The third-order valence-corrected chi connectivity index (χ3v) is 5.92. The van der Waals surface area contributed by atoms with Gasteiger partial charge >= 0.3 is 0 Å². The fraction of sp³-hybridized carbons (Fsp3) is 0.348. The van der Waals surface area contributed by atoms with Crippen LogP contribution in [-0.2, 0) is 24.3 Å². The highest BCUT2D eigenvalue weighted by molar-refractivity contribution is 7.99. The number of aromatic nitrogens is 3. The molecule has 0 spiro atoms. The van der Waals surface area contributed by atoms with Crippen molar-refractivity contribution in [2.75, 3.05) is 12.4 Å². The van der Waals surface area contributed by atoms with Gasteiger partial charge in [0, 0.05) is 24.5 Å². The number of nitrogens with zero attached hydrogens (tertiary/aromatic N) is 3. The number of halogens is 1. The van der Waals surface area contributed by atoms with Gasteiger partial charge in [0.15, 0.2) is 5.16 Å². The van der Waals surface area contributed by atoms with Gasteiger partial charge in [-0.15, -0.1) is 10.2 Å². The van der Waals surface area contributed by atoms with Crippen LogP contribution in [0.2, 0.25) is 5.02 Å². The average molecular weight is 459 g/mol. The maximum Gasteiger partial charge on any atom is 0.230 e. The van der Waals surface area contributed by atoms with E-state index in [1.807, 2.05) is 55.5 Å². The SMILES string of the molecule is CCn1c(CCCOc2ccc(Cl)cc2C)nnc1SCC(=O)NCc1ccccc1. The van der Waals surface area contributed by atoms with Crippen LogP contribution in [0.15, 0.2) is 53.7 Å². The zero-order chi connectivity index (χ0) is 22.1. The van der Waals surface area contributed by atoms with Crippen molar-refractivity contribution in [3.63, 3.8) is 0 Å². The summed E-state index contributed by atoms with van der Waals surface area (Å²) in [5.41, 5.74) is 2.10. The molecule has 1 heterocycles. The van der Waals surface area contributed by atoms with E-state index in [2.05, 4.69) is 27.0 Å². The molecule has 6 nitrogen and oxygen atoms in total. The Labute approximate surface area is 192 Å². The van der Waals surface area contributed by atoms with Gasteiger partial charge in [-0.3, -0.25) is 4.79 Å². The Bertz CT molecular complexity index is 994. The minimum absolute atomic E-state index is 0.0206. The number of amides is 1. The van der Waals surface area contributed by atoms with Gasteiger partial charge in [-0.1, -0.05) is 53.7 Å². The number of nitrogens with one attached hydrogen (secondary N) is 1. The number of benzene rings is 2. The summed E-state index contributed by atoms with van der Waals surface area (Å²) < 4.78 is 7.92. The topological polar surface area (TPSA) is 69.0 Å². The molecule has 0 unspecified atom stereocenters. The van der Waals surface area contributed by atoms with Crippen LogP contribution in [0, 0.1) is 6.92 Å². The highest BCUT2D eigenvalue weighted by Gasteiger charge is 2.13. The number of rotatable bonds is 11. The third-order valence-electron chi connectivity index (χ3n) is 4.71. The maximum atomic E-state index is 12.2. The summed E-state index contributed by atoms with van der Waals surface area (Å²) in [4.78, 5) is 12.2. The molecule has 0 saturated carbocycles. The van der Waals surface area contributed by atoms with Crippen molar-refractivity contribution in [3.8, 4) is 5.75 Å². The second-order valence-electron chi connectivity index (χ2n) is 7.06. The summed E-state index contributed by atoms with van der Waals surface area (Å²) in [6.07, 6.45) is 1.58. The first-order valence-corrected chi connectivity index (χ1v) is 11.7. The van der Waals surface area contributed by atoms with Gasteiger partial charge in [-0.05, 0) is 49.6 Å². The molecule has 8 heteroatoms. The van der Waals surface area contributed by atoms with Crippen molar-refractivity contribution in [2.24, 2.45) is 0 Å². The Morgan fingerprint density at radius 1 is 1.19 bits per heavy atom. The van der Waals surface area contributed by atoms with Gasteiger partial charge in [0.25, 0.3) is 0 Å². The fourth-order valence-corrected chi connectivity index (χ4v) is 4.17. The molecule has 2 aromatic carbocycles. The Balaban J connectivity index is 1.44. The second-order valence-corrected chi connectivity index (χ2v) is 8.43. The van der Waals surface area contributed by atoms with E-state index >= 15 is 0 Å². The standard InChI is InChI=1S/C23H27ClN4O2S/c1-3-28-21(10-7-13-30-20-12-11-19(24)14-17(20)2)26-27-23(28)31-16-22(29)25-15-18-8-5-4-6-9-18/h4-6,8-9,11-12,14H,3,7,10,13,15-16H2,1-2H3,(H,25,29). The largest absolute Gasteiger partial charge is 0.493 e. The highest BCUT2D eigenvalue weighted by Crippen LogP contribution is 2.22. The third kappa shape index (κ3) is 7.01. The van der Waals surface area contributed by atoms with Crippen LogP contribution in [0.1, 0.15) is 30.3 Å². The zero-order valence-corrected chi connectivity index (χ0v) is 19.4. The first kappa shape index (κ1) is 23.2. The summed E-state index contributed by atoms with van der Waals surface area (Å²) in [6, 6.07) is 15.5. The number of aryl methyl sites for hydroxylation is 2. The lowest BCUT2D eigenvalue weighted by atomic mass is 10.2. The molecule has 1 amide bonds. The van der Waals surface area contributed by atoms with E-state index in [1.165, 1.54) is 11.8 Å². The van der Waals surface area contributed by atoms with Crippen LogP contribution < -0.4 is 10.1 Å². The van der Waals surface area contributed by atoms with Gasteiger partial charge in [0.05, 0.1) is 12.4 Å². The molecule has 0 aliphatic rings. The van der Waals surface area contributed by atoms with Crippen molar-refractivity contribution in [3.05, 3.63) is 70.5 Å². The quantitative estimate of drug-likeness (QED) is 0.333. The number of hydrogen-bond donors (Lipinski definition) is 1. The van der Waals surface area contributed by atoms with E-state index in [0.717, 1.165) is 47.2 Å². The van der Waals surface area contributed by atoms with Crippen LogP contribution in [0.5, 0.6) is 5.75 Å². The molecular formula is C23H27ClN4O2S. The highest BCUT2D eigenvalue weighted by atomic mass is 35.5. The Morgan fingerprint density at radius 2 is 2.00 bits per heavy atom. The van der Waals surface area contributed by atoms with Crippen LogP contribution in [0.3, 0.4) is 0 Å². The maximum absolute atomic E-state index is 12.2. The molecule has 0 radical (unpaired) electrons. The molecule has 0 aliphatic heterocycles. The molecule has 0 saturated heterocycles. The monoisotopic (exact) mass is 458 g/mol. The number of carbonyl (C=O) groups is 1. The molecule has 164 valence electrons. The summed E-state index contributed by atoms with van der Waals surface area (Å²) in [7, 11) is 0. The van der Waals surface area contributed by atoms with Crippen LogP contribution in [0.25, 0.3) is 0 Å². The van der Waals surface area contributed by atoms with Crippen molar-refractivity contribution >= 4 is 29.3 Å². The molecular weight excluding hydrogens is 432 g/mol. The lowest BCUT2D eigenvalue weighted by Crippen LogP contribution is -2.24. The molecule has 1 N–H and O–H groups in total. The lowest BCUT2D eigenvalue weighted by Gasteiger charge is -2.10. The van der Waals surface area contributed by atoms with E-state index < -0.39 is 0 Å². The molecule has 3 rings (SSSR count). The van der Waals surface area contributed by atoms with Gasteiger partial charge in [0.1, 0.15) is 11.6 Å². The normalized spacial score (nSPS) is 10.8. The summed E-state index contributed by atoms with van der Waals surface area (Å²) >= 11 is 7.39. The minimum Gasteiger partial charge on any atom is -0.493 e. The number of hydrogen-bond acceptors (Lipinski definition) is 5. The van der Waals surface area contributed by atoms with E-state index in [0.29, 0.717) is 23.9 Å². The molecule has 0 bridgehead atoms. The van der Waals surface area contributed by atoms with E-state index in [1.54, 1.807) is 0 Å². The van der Waals surface area contributed by atoms with Crippen LogP contribution in [0.4, 0.5) is 0 Å².